The lowest BCUT2D eigenvalue weighted by Gasteiger charge is -2.12. The summed E-state index contributed by atoms with van der Waals surface area (Å²) in [4.78, 5) is 26.9. The minimum Gasteiger partial charge on any atom is -0.351 e. The molecule has 4 nitrogen and oxygen atoms in total. The summed E-state index contributed by atoms with van der Waals surface area (Å²) in [5, 5.41) is 5.68. The van der Waals surface area contributed by atoms with Gasteiger partial charge in [-0.15, -0.1) is 11.3 Å². The summed E-state index contributed by atoms with van der Waals surface area (Å²) >= 11 is 1.62. The van der Waals surface area contributed by atoms with E-state index in [-0.39, 0.29) is 23.3 Å². The van der Waals surface area contributed by atoms with Crippen LogP contribution in [0.2, 0.25) is 0 Å². The number of halogens is 1. The molecule has 2 aromatic carbocycles. The van der Waals surface area contributed by atoms with E-state index >= 15 is 0 Å². The first-order valence-electron chi connectivity index (χ1n) is 8.92. The van der Waals surface area contributed by atoms with Gasteiger partial charge in [0.1, 0.15) is 5.82 Å². The van der Waals surface area contributed by atoms with Crippen LogP contribution in [0.3, 0.4) is 0 Å². The van der Waals surface area contributed by atoms with Crippen LogP contribution in [0.25, 0.3) is 0 Å². The minimum atomic E-state index is -0.459. The van der Waals surface area contributed by atoms with Crippen LogP contribution in [-0.2, 0) is 11.3 Å². The van der Waals surface area contributed by atoms with Crippen LogP contribution < -0.4 is 10.6 Å². The number of carbonyl (C=O) groups is 2. The maximum atomic E-state index is 13.3. The number of rotatable bonds is 6. The van der Waals surface area contributed by atoms with Gasteiger partial charge in [-0.1, -0.05) is 18.2 Å². The number of benzene rings is 2. The third-order valence-electron chi connectivity index (χ3n) is 4.32. The summed E-state index contributed by atoms with van der Waals surface area (Å²) in [5.74, 6) is -1.10. The molecule has 0 radical (unpaired) electrons. The molecule has 0 saturated carbocycles. The van der Waals surface area contributed by atoms with Crippen molar-refractivity contribution in [2.24, 2.45) is 0 Å². The first-order valence-corrected chi connectivity index (χ1v) is 9.74. The average Bonchev–Trinajstić information content (AvgIpc) is 3.12. The number of aryl methyl sites for hydroxylation is 1. The lowest BCUT2D eigenvalue weighted by Crippen LogP contribution is -2.27. The molecule has 1 aromatic heterocycles. The zero-order valence-corrected chi connectivity index (χ0v) is 16.5. The molecule has 0 fully saturated rings. The van der Waals surface area contributed by atoms with E-state index in [1.54, 1.807) is 35.6 Å². The molecule has 0 aliphatic rings. The number of thiophene rings is 1. The Hall–Kier alpha value is -2.99. The molecule has 0 aliphatic carbocycles. The fraction of sp³-hybridized carbons (Fsp3) is 0.182. The van der Waals surface area contributed by atoms with Gasteiger partial charge in [-0.25, -0.2) is 4.39 Å². The molecule has 28 heavy (non-hydrogen) atoms. The van der Waals surface area contributed by atoms with E-state index in [4.69, 9.17) is 0 Å². The molecule has 6 heteroatoms. The maximum Gasteiger partial charge on any atom is 0.255 e. The van der Waals surface area contributed by atoms with Crippen molar-refractivity contribution in [3.8, 4) is 0 Å². The molecule has 144 valence electrons. The van der Waals surface area contributed by atoms with E-state index < -0.39 is 5.82 Å². The van der Waals surface area contributed by atoms with Crippen molar-refractivity contribution in [1.82, 2.24) is 5.32 Å². The van der Waals surface area contributed by atoms with Crippen LogP contribution >= 0.6 is 11.3 Å². The molecule has 1 heterocycles. The molecular weight excluding hydrogens is 375 g/mol. The van der Waals surface area contributed by atoms with E-state index in [9.17, 15) is 14.0 Å². The van der Waals surface area contributed by atoms with E-state index in [2.05, 4.69) is 10.6 Å². The number of nitrogens with one attached hydrogen (secondary N) is 2. The Kier molecular flexibility index (Phi) is 6.21. The molecule has 1 atom stereocenters. The topological polar surface area (TPSA) is 58.2 Å². The Bertz CT molecular complexity index is 999. The van der Waals surface area contributed by atoms with Gasteiger partial charge >= 0.3 is 0 Å². The second-order valence-corrected chi connectivity index (χ2v) is 7.87. The van der Waals surface area contributed by atoms with Crippen LogP contribution in [0.5, 0.6) is 0 Å². The van der Waals surface area contributed by atoms with Crippen molar-refractivity contribution in [2.45, 2.75) is 26.3 Å². The molecule has 0 saturated heterocycles. The molecule has 2 N–H and O–H groups in total. The summed E-state index contributed by atoms with van der Waals surface area (Å²) in [6.45, 7) is 4.26. The molecular formula is C22H21FN2O2S. The molecule has 3 rings (SSSR count). The highest BCUT2D eigenvalue weighted by atomic mass is 32.1. The Balaban J connectivity index is 1.60. The molecule has 3 aromatic rings. The van der Waals surface area contributed by atoms with Crippen molar-refractivity contribution in [2.75, 3.05) is 5.32 Å². The van der Waals surface area contributed by atoms with Gasteiger partial charge in [0.25, 0.3) is 5.91 Å². The zero-order valence-electron chi connectivity index (χ0n) is 15.7. The third-order valence-corrected chi connectivity index (χ3v) is 5.50. The van der Waals surface area contributed by atoms with Crippen molar-refractivity contribution < 1.29 is 14.0 Å². The smallest absolute Gasteiger partial charge is 0.255 e. The summed E-state index contributed by atoms with van der Waals surface area (Å²) in [5.41, 5.74) is 1.70. The zero-order chi connectivity index (χ0) is 20.1. The van der Waals surface area contributed by atoms with E-state index in [1.807, 2.05) is 32.0 Å². The monoisotopic (exact) mass is 396 g/mol. The van der Waals surface area contributed by atoms with Crippen molar-refractivity contribution in [1.29, 1.82) is 0 Å². The normalized spacial score (nSPS) is 11.7. The van der Waals surface area contributed by atoms with Gasteiger partial charge in [0.2, 0.25) is 5.91 Å². The molecule has 0 spiro atoms. The van der Waals surface area contributed by atoms with Crippen LogP contribution in [-0.4, -0.2) is 11.8 Å². The predicted molar refractivity (Wildman–Crippen MR) is 110 cm³/mol. The fourth-order valence-corrected chi connectivity index (χ4v) is 3.68. The SMILES string of the molecule is Cc1ccc(C(C)C(=O)NCc2cccc(NC(=O)c3cccc(F)c3)c2)s1. The first-order chi connectivity index (χ1) is 13.4. The highest BCUT2D eigenvalue weighted by Crippen LogP contribution is 2.24. The predicted octanol–water partition coefficient (Wildman–Crippen LogP) is 4.87. The quantitative estimate of drug-likeness (QED) is 0.625. The highest BCUT2D eigenvalue weighted by molar-refractivity contribution is 7.12. The van der Waals surface area contributed by atoms with Crippen LogP contribution in [0.4, 0.5) is 10.1 Å². The molecule has 1 unspecified atom stereocenters. The van der Waals surface area contributed by atoms with Gasteiger partial charge < -0.3 is 10.6 Å². The van der Waals surface area contributed by atoms with Gasteiger partial charge in [-0.05, 0) is 61.9 Å². The first kappa shape index (κ1) is 19.8. The number of hydrogen-bond acceptors (Lipinski definition) is 3. The van der Waals surface area contributed by atoms with Gasteiger partial charge in [0.15, 0.2) is 0 Å². The average molecular weight is 396 g/mol. The largest absolute Gasteiger partial charge is 0.351 e. The lowest BCUT2D eigenvalue weighted by molar-refractivity contribution is -0.122. The number of anilines is 1. The summed E-state index contributed by atoms with van der Waals surface area (Å²) in [6, 6.07) is 16.7. The maximum absolute atomic E-state index is 13.3. The number of amides is 2. The second kappa shape index (κ2) is 8.80. The minimum absolute atomic E-state index is 0.0453. The molecule has 0 bridgehead atoms. The molecule has 0 aliphatic heterocycles. The Morgan fingerprint density at radius 1 is 1.07 bits per heavy atom. The summed E-state index contributed by atoms with van der Waals surface area (Å²) < 4.78 is 13.3. The van der Waals surface area contributed by atoms with E-state index in [1.165, 1.54) is 23.1 Å². The summed E-state index contributed by atoms with van der Waals surface area (Å²) in [7, 11) is 0. The number of carbonyl (C=O) groups excluding carboxylic acids is 2. The second-order valence-electron chi connectivity index (χ2n) is 6.55. The van der Waals surface area contributed by atoms with Crippen molar-refractivity contribution >= 4 is 28.8 Å². The Labute approximate surface area is 167 Å². The summed E-state index contributed by atoms with van der Waals surface area (Å²) in [6.07, 6.45) is 0. The van der Waals surface area contributed by atoms with Crippen LogP contribution in [0.15, 0.2) is 60.7 Å². The standard InChI is InChI=1S/C22H21FN2O2S/c1-14-9-10-20(28-14)15(2)21(26)24-13-16-5-3-8-19(11-16)25-22(27)17-6-4-7-18(23)12-17/h3-12,15H,13H2,1-2H3,(H,24,26)(H,25,27). The van der Waals surface area contributed by atoms with Crippen LogP contribution in [0.1, 0.15) is 38.5 Å². The van der Waals surface area contributed by atoms with Crippen molar-refractivity contribution in [3.63, 3.8) is 0 Å². The Morgan fingerprint density at radius 2 is 1.86 bits per heavy atom. The lowest BCUT2D eigenvalue weighted by atomic mass is 10.1. The Morgan fingerprint density at radius 3 is 2.57 bits per heavy atom. The number of hydrogen-bond donors (Lipinski definition) is 2. The van der Waals surface area contributed by atoms with Gasteiger partial charge in [-0.3, -0.25) is 9.59 Å². The van der Waals surface area contributed by atoms with Gasteiger partial charge in [0.05, 0.1) is 5.92 Å². The highest BCUT2D eigenvalue weighted by Gasteiger charge is 2.16. The van der Waals surface area contributed by atoms with E-state index in [0.717, 1.165) is 10.4 Å². The third kappa shape index (κ3) is 5.04. The molecule has 2 amide bonds. The van der Waals surface area contributed by atoms with E-state index in [0.29, 0.717) is 12.2 Å². The van der Waals surface area contributed by atoms with Gasteiger partial charge in [0, 0.05) is 27.5 Å². The van der Waals surface area contributed by atoms with Crippen molar-refractivity contribution in [3.05, 3.63) is 87.4 Å². The van der Waals surface area contributed by atoms with Gasteiger partial charge in [-0.2, -0.15) is 0 Å². The fourth-order valence-electron chi connectivity index (χ4n) is 2.75. The van der Waals surface area contributed by atoms with Crippen LogP contribution in [0, 0.1) is 12.7 Å².